The van der Waals surface area contributed by atoms with Gasteiger partial charge in [-0.15, -0.1) is 0 Å². The van der Waals surface area contributed by atoms with E-state index >= 15 is 0 Å². The lowest BCUT2D eigenvalue weighted by Gasteiger charge is -2.59. The number of nitrogens with one attached hydrogen (secondary N) is 2. The van der Waals surface area contributed by atoms with Gasteiger partial charge in [-0.25, -0.2) is 0 Å². The number of imide groups is 1. The molecule has 3 unspecified atom stereocenters. The number of carbonyl (C=O) groups excluding carboxylic acids is 3. The third-order valence-corrected chi connectivity index (χ3v) is 9.16. The molecule has 4 aliphatic carbocycles. The van der Waals surface area contributed by atoms with Crippen molar-refractivity contribution in [2.75, 3.05) is 5.32 Å². The summed E-state index contributed by atoms with van der Waals surface area (Å²) in [7, 11) is 0. The molecule has 4 saturated carbocycles. The van der Waals surface area contributed by atoms with E-state index in [9.17, 15) is 14.4 Å². The maximum Gasteiger partial charge on any atom is 0.237 e. The average Bonchev–Trinajstić information content (AvgIpc) is 2.67. The van der Waals surface area contributed by atoms with Crippen molar-refractivity contribution in [3.8, 4) is 0 Å². The summed E-state index contributed by atoms with van der Waals surface area (Å²) in [6.07, 6.45) is 8.16. The molecule has 1 saturated heterocycles. The van der Waals surface area contributed by atoms with Gasteiger partial charge in [0, 0.05) is 16.4 Å². The Kier molecular flexibility index (Phi) is 4.66. The van der Waals surface area contributed by atoms with Gasteiger partial charge in [0.15, 0.2) is 0 Å². The second-order valence-electron chi connectivity index (χ2n) is 10.2. The topological polar surface area (TPSA) is 75.3 Å². The predicted molar refractivity (Wildman–Crippen MR) is 118 cm³/mol. The van der Waals surface area contributed by atoms with Crippen molar-refractivity contribution in [2.24, 2.45) is 17.3 Å². The summed E-state index contributed by atoms with van der Waals surface area (Å²) < 4.78 is 0.150. The molecule has 5 aliphatic rings. The second kappa shape index (κ2) is 6.91. The summed E-state index contributed by atoms with van der Waals surface area (Å²) in [5, 5.41) is 5.67. The molecule has 30 heavy (non-hydrogen) atoms. The lowest BCUT2D eigenvalue weighted by molar-refractivity contribution is -0.139. The van der Waals surface area contributed by atoms with E-state index in [-0.39, 0.29) is 27.5 Å². The minimum atomic E-state index is -0.668. The van der Waals surface area contributed by atoms with Crippen LogP contribution in [0.2, 0.25) is 0 Å². The van der Waals surface area contributed by atoms with Gasteiger partial charge in [0.2, 0.25) is 17.7 Å². The van der Waals surface area contributed by atoms with Gasteiger partial charge in [-0.3, -0.25) is 19.7 Å². The van der Waals surface area contributed by atoms with Crippen LogP contribution >= 0.6 is 15.9 Å². The average molecular weight is 473 g/mol. The summed E-state index contributed by atoms with van der Waals surface area (Å²) in [6.45, 7) is 1.98. The normalized spacial score (nSPS) is 39.7. The SMILES string of the molecule is CCC1(c2ccc(NC(=O)C34CC5CC(CC(Br)(C5)C3)C4)cc2)CCC(=O)NC1=O. The standard InChI is InChI=1S/C24H29BrN2O3/c1-2-24(8-7-19(28)27-21(24)30)17-3-5-18(6-4-17)26-20(29)22-10-15-9-16(11-22)13-23(25,12-15)14-22/h3-6,15-16H,2,7-14H2,1H3,(H,26,29)(H,27,28,30). The fraction of sp³-hybridized carbons (Fsp3) is 0.625. The number of hydrogen-bond donors (Lipinski definition) is 2. The van der Waals surface area contributed by atoms with E-state index in [2.05, 4.69) is 26.6 Å². The van der Waals surface area contributed by atoms with E-state index < -0.39 is 5.41 Å². The Balaban J connectivity index is 1.34. The molecule has 0 spiro atoms. The van der Waals surface area contributed by atoms with Gasteiger partial charge in [0.25, 0.3) is 0 Å². The van der Waals surface area contributed by atoms with Gasteiger partial charge >= 0.3 is 0 Å². The molecule has 3 amide bonds. The first-order valence-electron chi connectivity index (χ1n) is 11.2. The molecular weight excluding hydrogens is 444 g/mol. The molecule has 5 fully saturated rings. The van der Waals surface area contributed by atoms with Gasteiger partial charge in [0.05, 0.1) is 10.8 Å². The Bertz CT molecular complexity index is 898. The van der Waals surface area contributed by atoms with E-state index in [0.717, 1.165) is 30.5 Å². The van der Waals surface area contributed by atoms with Gasteiger partial charge in [-0.1, -0.05) is 35.0 Å². The van der Waals surface area contributed by atoms with Crippen molar-refractivity contribution in [1.29, 1.82) is 0 Å². The van der Waals surface area contributed by atoms with Crippen molar-refractivity contribution >= 4 is 39.3 Å². The van der Waals surface area contributed by atoms with Crippen LogP contribution in [0.25, 0.3) is 0 Å². The second-order valence-corrected chi connectivity index (χ2v) is 11.9. The zero-order valence-electron chi connectivity index (χ0n) is 17.4. The van der Waals surface area contributed by atoms with Crippen LogP contribution in [0.15, 0.2) is 24.3 Å². The zero-order valence-corrected chi connectivity index (χ0v) is 19.0. The van der Waals surface area contributed by atoms with E-state index in [4.69, 9.17) is 0 Å². The smallest absolute Gasteiger partial charge is 0.237 e. The molecule has 1 aromatic carbocycles. The molecule has 0 radical (unpaired) electrons. The van der Waals surface area contributed by atoms with Crippen molar-refractivity contribution in [3.05, 3.63) is 29.8 Å². The summed E-state index contributed by atoms with van der Waals surface area (Å²) >= 11 is 3.98. The summed E-state index contributed by atoms with van der Waals surface area (Å²) in [6, 6.07) is 7.66. The highest BCUT2D eigenvalue weighted by Crippen LogP contribution is 2.64. The van der Waals surface area contributed by atoms with Crippen LogP contribution in [0.5, 0.6) is 0 Å². The molecule has 4 bridgehead atoms. The van der Waals surface area contributed by atoms with Gasteiger partial charge in [0.1, 0.15) is 0 Å². The first-order valence-corrected chi connectivity index (χ1v) is 12.0. The van der Waals surface area contributed by atoms with Crippen molar-refractivity contribution < 1.29 is 14.4 Å². The largest absolute Gasteiger partial charge is 0.326 e. The maximum absolute atomic E-state index is 13.4. The van der Waals surface area contributed by atoms with Gasteiger partial charge in [-0.2, -0.15) is 0 Å². The fourth-order valence-electron chi connectivity index (χ4n) is 7.12. The molecule has 1 aromatic rings. The molecule has 6 heteroatoms. The first kappa shape index (κ1) is 20.2. The molecule has 3 atom stereocenters. The molecule has 1 aliphatic heterocycles. The van der Waals surface area contributed by atoms with Crippen LogP contribution in [0.1, 0.15) is 70.3 Å². The molecule has 160 valence electrons. The maximum atomic E-state index is 13.4. The van der Waals surface area contributed by atoms with Crippen LogP contribution in [-0.4, -0.2) is 22.0 Å². The van der Waals surface area contributed by atoms with Crippen LogP contribution in [0.4, 0.5) is 5.69 Å². The minimum absolute atomic E-state index is 0.150. The van der Waals surface area contributed by atoms with E-state index in [0.29, 0.717) is 31.1 Å². The van der Waals surface area contributed by atoms with Crippen molar-refractivity contribution in [2.45, 2.75) is 74.5 Å². The number of amides is 3. The van der Waals surface area contributed by atoms with E-state index in [1.165, 1.54) is 19.3 Å². The summed E-state index contributed by atoms with van der Waals surface area (Å²) in [4.78, 5) is 37.6. The summed E-state index contributed by atoms with van der Waals surface area (Å²) in [5.74, 6) is 1.06. The number of halogens is 1. The van der Waals surface area contributed by atoms with E-state index in [1.54, 1.807) is 0 Å². The first-order chi connectivity index (χ1) is 14.3. The molecule has 5 nitrogen and oxygen atoms in total. The van der Waals surface area contributed by atoms with Crippen LogP contribution in [0, 0.1) is 17.3 Å². The Morgan fingerprint density at radius 3 is 2.37 bits per heavy atom. The molecule has 2 N–H and O–H groups in total. The highest BCUT2D eigenvalue weighted by molar-refractivity contribution is 9.10. The highest BCUT2D eigenvalue weighted by Gasteiger charge is 2.59. The number of alkyl halides is 1. The lowest BCUT2D eigenvalue weighted by Crippen LogP contribution is -2.57. The van der Waals surface area contributed by atoms with Crippen LogP contribution in [-0.2, 0) is 19.8 Å². The number of benzene rings is 1. The number of piperidine rings is 1. The predicted octanol–water partition coefficient (Wildman–Crippen LogP) is 4.44. The Hall–Kier alpha value is -1.69. The minimum Gasteiger partial charge on any atom is -0.326 e. The van der Waals surface area contributed by atoms with Gasteiger partial charge in [-0.05, 0) is 80.9 Å². The quantitative estimate of drug-likeness (QED) is 0.502. The fourth-order valence-corrected chi connectivity index (χ4v) is 8.57. The molecular formula is C24H29BrN2O3. The summed E-state index contributed by atoms with van der Waals surface area (Å²) in [5.41, 5.74) is 0.767. The zero-order chi connectivity index (χ0) is 21.1. The van der Waals surface area contributed by atoms with Crippen molar-refractivity contribution in [3.63, 3.8) is 0 Å². The Morgan fingerprint density at radius 2 is 1.80 bits per heavy atom. The van der Waals surface area contributed by atoms with E-state index in [1.807, 2.05) is 31.2 Å². The monoisotopic (exact) mass is 472 g/mol. The third kappa shape index (κ3) is 3.14. The molecule has 1 heterocycles. The number of hydrogen-bond acceptors (Lipinski definition) is 3. The Labute approximate surface area is 185 Å². The van der Waals surface area contributed by atoms with Gasteiger partial charge < -0.3 is 5.32 Å². The number of rotatable bonds is 4. The van der Waals surface area contributed by atoms with Crippen molar-refractivity contribution in [1.82, 2.24) is 5.32 Å². The third-order valence-electron chi connectivity index (χ3n) is 8.24. The number of anilines is 1. The number of carbonyl (C=O) groups is 3. The Morgan fingerprint density at radius 1 is 1.13 bits per heavy atom. The van der Waals surface area contributed by atoms with Crippen LogP contribution < -0.4 is 10.6 Å². The van der Waals surface area contributed by atoms with Crippen LogP contribution in [0.3, 0.4) is 0 Å². The highest BCUT2D eigenvalue weighted by atomic mass is 79.9. The lowest BCUT2D eigenvalue weighted by atomic mass is 9.49. The molecule has 6 rings (SSSR count). The molecule has 0 aromatic heterocycles.